The number of halogens is 1. The highest BCUT2D eigenvalue weighted by atomic mass is 19.1. The number of urea groups is 1. The van der Waals surface area contributed by atoms with Gasteiger partial charge >= 0.3 is 6.03 Å². The molecule has 0 spiro atoms. The number of hydrogen-bond acceptors (Lipinski definition) is 3. The van der Waals surface area contributed by atoms with E-state index in [1.807, 2.05) is 6.07 Å². The highest BCUT2D eigenvalue weighted by Gasteiger charge is 2.31. The number of nitrogens with one attached hydrogen (secondary N) is 1. The van der Waals surface area contributed by atoms with Gasteiger partial charge in [-0.3, -0.25) is 0 Å². The number of aromatic hydroxyl groups is 1. The number of rotatable bonds is 3. The van der Waals surface area contributed by atoms with Crippen molar-refractivity contribution in [2.24, 2.45) is 0 Å². The largest absolute Gasteiger partial charge is 0.508 e. The van der Waals surface area contributed by atoms with Gasteiger partial charge in [0.05, 0.1) is 12.1 Å². The lowest BCUT2D eigenvalue weighted by atomic mass is 9.98. The molecule has 0 saturated carbocycles. The highest BCUT2D eigenvalue weighted by Crippen LogP contribution is 2.28. The van der Waals surface area contributed by atoms with Crippen LogP contribution < -0.4 is 5.32 Å². The van der Waals surface area contributed by atoms with E-state index < -0.39 is 0 Å². The number of phenolic OH excluding ortho intramolecular Hbond substituents is 1. The number of fused-ring (bicyclic) bond motifs is 1. The van der Waals surface area contributed by atoms with Crippen molar-refractivity contribution in [1.29, 1.82) is 0 Å². The number of carbonyl (C=O) groups is 1. The summed E-state index contributed by atoms with van der Waals surface area (Å²) in [5.74, 6) is -0.0943. The maximum absolute atomic E-state index is 13.3. The molecule has 142 valence electrons. The molecule has 2 N–H and O–H groups in total. The lowest BCUT2D eigenvalue weighted by molar-refractivity contribution is 0.0775. The van der Waals surface area contributed by atoms with Crippen LogP contribution in [0.15, 0.2) is 42.5 Å². The van der Waals surface area contributed by atoms with Crippen LogP contribution in [0.25, 0.3) is 0 Å². The van der Waals surface area contributed by atoms with Gasteiger partial charge in [0, 0.05) is 19.7 Å². The first-order valence-corrected chi connectivity index (χ1v) is 9.33. The first-order valence-electron chi connectivity index (χ1n) is 9.33. The molecule has 4 rings (SSSR count). The maximum atomic E-state index is 13.3. The zero-order valence-corrected chi connectivity index (χ0v) is 15.0. The van der Waals surface area contributed by atoms with Crippen LogP contribution in [0.5, 0.6) is 5.75 Å². The molecule has 0 radical (unpaired) electrons. The molecule has 2 atom stereocenters. The van der Waals surface area contributed by atoms with Crippen molar-refractivity contribution in [1.82, 2.24) is 10.2 Å². The minimum Gasteiger partial charge on any atom is -0.508 e. The molecule has 0 aromatic heterocycles. The van der Waals surface area contributed by atoms with Gasteiger partial charge in [0.25, 0.3) is 0 Å². The zero-order chi connectivity index (χ0) is 18.8. The van der Waals surface area contributed by atoms with Crippen LogP contribution in [0, 0.1) is 5.82 Å². The van der Waals surface area contributed by atoms with Crippen LogP contribution in [0.3, 0.4) is 0 Å². The van der Waals surface area contributed by atoms with Crippen molar-refractivity contribution in [3.8, 4) is 5.75 Å². The average Bonchev–Trinajstić information content (AvgIpc) is 3.20. The van der Waals surface area contributed by atoms with Gasteiger partial charge in [0.1, 0.15) is 11.6 Å². The number of amides is 2. The molecule has 27 heavy (non-hydrogen) atoms. The fourth-order valence-corrected chi connectivity index (χ4v) is 3.87. The van der Waals surface area contributed by atoms with Crippen molar-refractivity contribution in [2.45, 2.75) is 38.0 Å². The molecule has 2 aliphatic rings. The van der Waals surface area contributed by atoms with Crippen LogP contribution in [-0.2, 0) is 17.7 Å². The average molecular weight is 370 g/mol. The fourth-order valence-electron chi connectivity index (χ4n) is 3.87. The van der Waals surface area contributed by atoms with Gasteiger partial charge in [-0.05, 0) is 60.2 Å². The van der Waals surface area contributed by atoms with Crippen LogP contribution in [0.2, 0.25) is 0 Å². The smallest absolute Gasteiger partial charge is 0.318 e. The Labute approximate surface area is 157 Å². The third kappa shape index (κ3) is 3.90. The normalized spacial score (nSPS) is 20.2. The SMILES string of the molecule is O=C(NC(c1ccc(F)cc1)C1CCCO1)N1CCc2ccc(O)cc2C1. The summed E-state index contributed by atoms with van der Waals surface area (Å²) in [7, 11) is 0. The molecule has 1 saturated heterocycles. The summed E-state index contributed by atoms with van der Waals surface area (Å²) >= 11 is 0. The second kappa shape index (κ2) is 7.56. The van der Waals surface area contributed by atoms with Gasteiger partial charge in [-0.25, -0.2) is 9.18 Å². The van der Waals surface area contributed by atoms with Crippen LogP contribution in [-0.4, -0.2) is 35.3 Å². The second-order valence-corrected chi connectivity index (χ2v) is 7.15. The summed E-state index contributed by atoms with van der Waals surface area (Å²) in [5, 5.41) is 12.8. The third-order valence-corrected chi connectivity index (χ3v) is 5.33. The summed E-state index contributed by atoms with van der Waals surface area (Å²) in [6.45, 7) is 1.75. The topological polar surface area (TPSA) is 61.8 Å². The molecule has 2 unspecified atom stereocenters. The van der Waals surface area contributed by atoms with Crippen molar-refractivity contribution >= 4 is 6.03 Å². The Morgan fingerprint density at radius 3 is 2.78 bits per heavy atom. The molecule has 0 aliphatic carbocycles. The summed E-state index contributed by atoms with van der Waals surface area (Å²) < 4.78 is 19.1. The molecule has 5 nitrogen and oxygen atoms in total. The van der Waals surface area contributed by atoms with E-state index >= 15 is 0 Å². The summed E-state index contributed by atoms with van der Waals surface area (Å²) in [6.07, 6.45) is 2.46. The van der Waals surface area contributed by atoms with Crippen LogP contribution in [0.1, 0.15) is 35.6 Å². The van der Waals surface area contributed by atoms with E-state index in [0.29, 0.717) is 19.7 Å². The van der Waals surface area contributed by atoms with Crippen molar-refractivity contribution in [3.05, 3.63) is 65.0 Å². The van der Waals surface area contributed by atoms with Crippen molar-refractivity contribution in [2.75, 3.05) is 13.2 Å². The van der Waals surface area contributed by atoms with Gasteiger partial charge in [0.2, 0.25) is 0 Å². The zero-order valence-electron chi connectivity index (χ0n) is 15.0. The molecule has 2 aromatic carbocycles. The Balaban J connectivity index is 1.51. The first-order chi connectivity index (χ1) is 13.1. The van der Waals surface area contributed by atoms with Gasteiger partial charge in [-0.15, -0.1) is 0 Å². The lowest BCUT2D eigenvalue weighted by Crippen LogP contribution is -2.46. The molecule has 2 amide bonds. The third-order valence-electron chi connectivity index (χ3n) is 5.33. The Bertz CT molecular complexity index is 819. The van der Waals surface area contributed by atoms with E-state index in [1.165, 1.54) is 12.1 Å². The Kier molecular flexibility index (Phi) is 4.99. The second-order valence-electron chi connectivity index (χ2n) is 7.15. The molecule has 2 aliphatic heterocycles. The van der Waals surface area contributed by atoms with Gasteiger partial charge in [0.15, 0.2) is 0 Å². The van der Waals surface area contributed by atoms with E-state index in [-0.39, 0.29) is 29.7 Å². The number of ether oxygens (including phenoxy) is 1. The van der Waals surface area contributed by atoms with Crippen molar-refractivity contribution in [3.63, 3.8) is 0 Å². The molecular formula is C21H23FN2O3. The molecule has 1 fully saturated rings. The van der Waals surface area contributed by atoms with Crippen LogP contribution in [0.4, 0.5) is 9.18 Å². The van der Waals surface area contributed by atoms with E-state index in [4.69, 9.17) is 4.74 Å². The minimum absolute atomic E-state index is 0.111. The quantitative estimate of drug-likeness (QED) is 0.869. The monoisotopic (exact) mass is 370 g/mol. The van der Waals surface area contributed by atoms with E-state index in [1.54, 1.807) is 29.2 Å². The molecule has 2 aromatic rings. The van der Waals surface area contributed by atoms with Gasteiger partial charge in [-0.1, -0.05) is 18.2 Å². The predicted octanol–water partition coefficient (Wildman–Crippen LogP) is 3.52. The summed E-state index contributed by atoms with van der Waals surface area (Å²) in [5.41, 5.74) is 2.96. The number of nitrogens with zero attached hydrogens (tertiary/aromatic N) is 1. The maximum Gasteiger partial charge on any atom is 0.318 e. The van der Waals surface area contributed by atoms with Crippen LogP contribution >= 0.6 is 0 Å². The number of benzene rings is 2. The predicted molar refractivity (Wildman–Crippen MR) is 98.9 cm³/mol. The Morgan fingerprint density at radius 2 is 2.04 bits per heavy atom. The molecule has 2 heterocycles. The molecule has 0 bridgehead atoms. The van der Waals surface area contributed by atoms with Gasteiger partial charge < -0.3 is 20.1 Å². The Morgan fingerprint density at radius 1 is 1.22 bits per heavy atom. The van der Waals surface area contributed by atoms with Gasteiger partial charge in [-0.2, -0.15) is 0 Å². The summed E-state index contributed by atoms with van der Waals surface area (Å²) in [6, 6.07) is 11.0. The molecule has 6 heteroatoms. The number of phenols is 1. The number of carbonyl (C=O) groups excluding carboxylic acids is 1. The van der Waals surface area contributed by atoms with E-state index in [9.17, 15) is 14.3 Å². The Hall–Kier alpha value is -2.60. The molecular weight excluding hydrogens is 347 g/mol. The fraction of sp³-hybridized carbons (Fsp3) is 0.381. The van der Waals surface area contributed by atoms with Crippen molar-refractivity contribution < 1.29 is 19.0 Å². The minimum atomic E-state index is -0.314. The first kappa shape index (κ1) is 17.8. The standard InChI is InChI=1S/C21H23FN2O3/c22-17-6-3-15(4-7-17)20(19-2-1-11-27-19)23-21(26)24-10-9-14-5-8-18(25)12-16(14)13-24/h3-8,12,19-20,25H,1-2,9-11,13H2,(H,23,26). The summed E-state index contributed by atoms with van der Waals surface area (Å²) in [4.78, 5) is 14.7. The lowest BCUT2D eigenvalue weighted by Gasteiger charge is -2.32. The van der Waals surface area contributed by atoms with E-state index in [0.717, 1.165) is 36.0 Å². The highest BCUT2D eigenvalue weighted by molar-refractivity contribution is 5.75. The number of hydrogen-bond donors (Lipinski definition) is 2. The van der Waals surface area contributed by atoms with E-state index in [2.05, 4.69) is 5.32 Å².